The van der Waals surface area contributed by atoms with Gasteiger partial charge in [-0.15, -0.1) is 0 Å². The molecule has 2 atom stereocenters. The first-order valence-electron chi connectivity index (χ1n) is 6.07. The Morgan fingerprint density at radius 3 is 2.17 bits per heavy atom. The molecule has 0 aromatic rings. The zero-order valence-corrected chi connectivity index (χ0v) is 11.1. The number of carbonyl (C=O) groups is 2. The van der Waals surface area contributed by atoms with Gasteiger partial charge in [0.1, 0.15) is 5.76 Å². The van der Waals surface area contributed by atoms with Crippen LogP contribution in [0.4, 0.5) is 4.39 Å². The normalized spacial score (nSPS) is 26.3. The van der Waals surface area contributed by atoms with Crippen LogP contribution in [-0.2, 0) is 14.3 Å². The van der Waals surface area contributed by atoms with Crippen molar-refractivity contribution in [2.75, 3.05) is 6.61 Å². The van der Waals surface area contributed by atoms with Gasteiger partial charge in [0.05, 0.1) is 12.5 Å². The molecule has 0 aliphatic heterocycles. The number of halogens is 1. The topological polar surface area (TPSA) is 63.6 Å². The molecule has 0 bridgehead atoms. The van der Waals surface area contributed by atoms with Crippen molar-refractivity contribution in [2.24, 2.45) is 17.3 Å². The van der Waals surface area contributed by atoms with Crippen LogP contribution in [0.1, 0.15) is 34.1 Å². The Hall–Kier alpha value is -1.39. The summed E-state index contributed by atoms with van der Waals surface area (Å²) in [6.45, 7) is 6.91. The molecule has 1 rings (SSSR count). The number of rotatable bonds is 6. The maximum atomic E-state index is 13.9. The van der Waals surface area contributed by atoms with Crippen molar-refractivity contribution in [3.63, 3.8) is 0 Å². The Morgan fingerprint density at radius 1 is 1.28 bits per heavy atom. The Labute approximate surface area is 106 Å². The molecule has 2 unspecified atom stereocenters. The van der Waals surface area contributed by atoms with Gasteiger partial charge in [-0.2, -0.15) is 4.39 Å². The lowest BCUT2D eigenvalue weighted by Gasteiger charge is -2.11. The molecule has 0 heterocycles. The molecule has 0 amide bonds. The maximum Gasteiger partial charge on any atom is 0.307 e. The minimum absolute atomic E-state index is 0.0350. The van der Waals surface area contributed by atoms with E-state index in [4.69, 9.17) is 9.84 Å². The highest BCUT2D eigenvalue weighted by Gasteiger charge is 2.65. The van der Waals surface area contributed by atoms with E-state index in [1.54, 1.807) is 27.7 Å². The van der Waals surface area contributed by atoms with Gasteiger partial charge in [-0.25, -0.2) is 0 Å². The van der Waals surface area contributed by atoms with Gasteiger partial charge in [-0.05, 0) is 12.3 Å². The molecule has 1 saturated carbocycles. The van der Waals surface area contributed by atoms with E-state index in [1.807, 2.05) is 0 Å². The summed E-state index contributed by atoms with van der Waals surface area (Å²) >= 11 is 0. The van der Waals surface area contributed by atoms with E-state index in [0.717, 1.165) is 0 Å². The van der Waals surface area contributed by atoms with E-state index in [0.29, 0.717) is 0 Å². The van der Waals surface area contributed by atoms with E-state index in [1.165, 1.54) is 0 Å². The second-order valence-electron chi connectivity index (χ2n) is 5.00. The summed E-state index contributed by atoms with van der Waals surface area (Å²) in [6.07, 6.45) is 0.0350. The first kappa shape index (κ1) is 14.7. The van der Waals surface area contributed by atoms with Gasteiger partial charge in [0, 0.05) is 12.3 Å². The Balaban J connectivity index is 3.09. The molecule has 0 aromatic carbocycles. The van der Waals surface area contributed by atoms with Crippen LogP contribution in [0.15, 0.2) is 11.6 Å². The van der Waals surface area contributed by atoms with Crippen molar-refractivity contribution in [3.05, 3.63) is 11.6 Å². The van der Waals surface area contributed by atoms with E-state index in [-0.39, 0.29) is 18.8 Å². The monoisotopic (exact) mass is 258 g/mol. The van der Waals surface area contributed by atoms with Gasteiger partial charge in [-0.3, -0.25) is 9.59 Å². The third kappa shape index (κ3) is 2.40. The average Bonchev–Trinajstić information content (AvgIpc) is 2.87. The van der Waals surface area contributed by atoms with Gasteiger partial charge >= 0.3 is 5.97 Å². The van der Waals surface area contributed by atoms with Gasteiger partial charge in [0.2, 0.25) is 5.83 Å². The molecule has 0 spiro atoms. The highest BCUT2D eigenvalue weighted by Crippen LogP contribution is 2.62. The summed E-state index contributed by atoms with van der Waals surface area (Å²) in [4.78, 5) is 22.5. The second kappa shape index (κ2) is 5.08. The van der Waals surface area contributed by atoms with Crippen LogP contribution in [0, 0.1) is 17.3 Å². The number of allylic oxidation sites excluding steroid dienone is 2. The largest absolute Gasteiger partial charge is 0.495 e. The smallest absolute Gasteiger partial charge is 0.307 e. The first-order chi connectivity index (χ1) is 8.28. The van der Waals surface area contributed by atoms with E-state index >= 15 is 0 Å². The lowest BCUT2D eigenvalue weighted by Crippen LogP contribution is -2.08. The standard InChI is InChI=1S/C13H19FO4/c1-5-7(15)10(14)11(18-6-2)8-9(12(16)17)13(8,3)4/h8-9H,5-6H2,1-4H3,(H,16,17). The molecule has 0 saturated heterocycles. The van der Waals surface area contributed by atoms with E-state index in [2.05, 4.69) is 0 Å². The molecule has 0 radical (unpaired) electrons. The molecule has 1 fully saturated rings. The Morgan fingerprint density at radius 2 is 1.83 bits per heavy atom. The summed E-state index contributed by atoms with van der Waals surface area (Å²) in [7, 11) is 0. The Bertz CT molecular complexity index is 398. The third-order valence-corrected chi connectivity index (χ3v) is 3.46. The van der Waals surface area contributed by atoms with Crippen molar-refractivity contribution in [1.29, 1.82) is 0 Å². The number of carboxylic acid groups (broad SMARTS) is 1. The number of carbonyl (C=O) groups excluding carboxylic acids is 1. The molecular formula is C13H19FO4. The molecule has 18 heavy (non-hydrogen) atoms. The molecule has 1 aliphatic carbocycles. The summed E-state index contributed by atoms with van der Waals surface area (Å²) in [5.74, 6) is -3.92. The first-order valence-corrected chi connectivity index (χ1v) is 6.07. The minimum atomic E-state index is -0.987. The van der Waals surface area contributed by atoms with Crippen molar-refractivity contribution >= 4 is 11.8 Å². The number of Topliss-reactive ketones (excluding diaryl/α,β-unsaturated/α-hetero) is 1. The zero-order valence-electron chi connectivity index (χ0n) is 11.1. The minimum Gasteiger partial charge on any atom is -0.495 e. The third-order valence-electron chi connectivity index (χ3n) is 3.46. The fourth-order valence-corrected chi connectivity index (χ4v) is 2.33. The maximum absolute atomic E-state index is 13.9. The van der Waals surface area contributed by atoms with Crippen LogP contribution in [0.2, 0.25) is 0 Å². The molecule has 1 N–H and O–H groups in total. The molecule has 1 aliphatic rings. The predicted octanol–water partition coefficient (Wildman–Crippen LogP) is 2.54. The molecule has 5 heteroatoms. The number of ether oxygens (including phenoxy) is 1. The van der Waals surface area contributed by atoms with Crippen LogP contribution in [-0.4, -0.2) is 23.5 Å². The van der Waals surface area contributed by atoms with Gasteiger partial charge < -0.3 is 9.84 Å². The summed E-state index contributed by atoms with van der Waals surface area (Å²) < 4.78 is 19.1. The second-order valence-corrected chi connectivity index (χ2v) is 5.00. The van der Waals surface area contributed by atoms with E-state index < -0.39 is 34.8 Å². The van der Waals surface area contributed by atoms with Crippen LogP contribution in [0.3, 0.4) is 0 Å². The number of hydrogen-bond donors (Lipinski definition) is 1. The lowest BCUT2D eigenvalue weighted by atomic mass is 10.1. The predicted molar refractivity (Wildman–Crippen MR) is 63.5 cm³/mol. The average molecular weight is 258 g/mol. The van der Waals surface area contributed by atoms with Gasteiger partial charge in [0.15, 0.2) is 5.78 Å². The number of carboxylic acids is 1. The van der Waals surface area contributed by atoms with Crippen LogP contribution in [0.25, 0.3) is 0 Å². The summed E-state index contributed by atoms with van der Waals surface area (Å²) in [5.41, 5.74) is -0.582. The lowest BCUT2D eigenvalue weighted by molar-refractivity contribution is -0.139. The summed E-state index contributed by atoms with van der Waals surface area (Å²) in [6, 6.07) is 0. The van der Waals surface area contributed by atoms with Crippen LogP contribution < -0.4 is 0 Å². The zero-order chi connectivity index (χ0) is 14.1. The van der Waals surface area contributed by atoms with Crippen molar-refractivity contribution in [2.45, 2.75) is 34.1 Å². The fourth-order valence-electron chi connectivity index (χ4n) is 2.33. The molecule has 4 nitrogen and oxygen atoms in total. The quantitative estimate of drug-likeness (QED) is 0.587. The van der Waals surface area contributed by atoms with Crippen molar-refractivity contribution in [3.8, 4) is 0 Å². The van der Waals surface area contributed by atoms with E-state index in [9.17, 15) is 14.0 Å². The van der Waals surface area contributed by atoms with Crippen LogP contribution in [0.5, 0.6) is 0 Å². The molecule has 0 aromatic heterocycles. The number of ketones is 1. The number of hydrogen-bond acceptors (Lipinski definition) is 3. The SMILES string of the molecule is CCOC(=C(F)C(=O)CC)C1C(C(=O)O)C1(C)C. The Kier molecular flexibility index (Phi) is 4.14. The van der Waals surface area contributed by atoms with Crippen molar-refractivity contribution in [1.82, 2.24) is 0 Å². The molecular weight excluding hydrogens is 239 g/mol. The van der Waals surface area contributed by atoms with Crippen LogP contribution >= 0.6 is 0 Å². The molecule has 102 valence electrons. The highest BCUT2D eigenvalue weighted by atomic mass is 19.1. The van der Waals surface area contributed by atoms with Gasteiger partial charge in [-0.1, -0.05) is 20.8 Å². The van der Waals surface area contributed by atoms with Gasteiger partial charge in [0.25, 0.3) is 0 Å². The summed E-state index contributed by atoms with van der Waals surface area (Å²) in [5, 5.41) is 9.07. The highest BCUT2D eigenvalue weighted by molar-refractivity contribution is 5.93. The fraction of sp³-hybridized carbons (Fsp3) is 0.692. The van der Waals surface area contributed by atoms with Crippen molar-refractivity contribution < 1.29 is 23.8 Å². The number of aliphatic carboxylic acids is 1.